The maximum absolute atomic E-state index is 12.1. The van der Waals surface area contributed by atoms with E-state index < -0.39 is 12.8 Å². The molecule has 1 heterocycles. The molecule has 0 saturated carbocycles. The van der Waals surface area contributed by atoms with E-state index in [1.54, 1.807) is 29.0 Å². The molecule has 0 radical (unpaired) electrons. The number of aromatic nitrogens is 1. The molecule has 1 aromatic carbocycles. The van der Waals surface area contributed by atoms with Crippen molar-refractivity contribution in [2.45, 2.75) is 33.1 Å². The lowest BCUT2D eigenvalue weighted by Crippen LogP contribution is -2.36. The van der Waals surface area contributed by atoms with E-state index in [-0.39, 0.29) is 5.75 Å². The third kappa shape index (κ3) is 6.91. The molecule has 0 amide bonds. The van der Waals surface area contributed by atoms with Crippen LogP contribution in [-0.2, 0) is 13.1 Å². The molecular weight excluding hydrogens is 365 g/mol. The van der Waals surface area contributed by atoms with Crippen LogP contribution in [0.2, 0.25) is 0 Å². The summed E-state index contributed by atoms with van der Waals surface area (Å²) in [7, 11) is 0. The van der Waals surface area contributed by atoms with Crippen LogP contribution in [0.4, 0.5) is 13.2 Å². The van der Waals surface area contributed by atoms with Gasteiger partial charge in [0.05, 0.1) is 24.3 Å². The van der Waals surface area contributed by atoms with Crippen molar-refractivity contribution in [3.8, 4) is 5.75 Å². The zero-order chi connectivity index (χ0) is 19.0. The highest BCUT2D eigenvalue weighted by atomic mass is 32.1. The van der Waals surface area contributed by atoms with Gasteiger partial charge in [-0.15, -0.1) is 11.3 Å². The van der Waals surface area contributed by atoms with Gasteiger partial charge in [-0.25, -0.2) is 9.98 Å². The molecule has 1 aromatic heterocycles. The first-order valence-electron chi connectivity index (χ1n) is 8.07. The summed E-state index contributed by atoms with van der Waals surface area (Å²) >= 11 is 1.58. The highest BCUT2D eigenvalue weighted by molar-refractivity contribution is 7.09. The van der Waals surface area contributed by atoms with Crippen molar-refractivity contribution in [3.63, 3.8) is 0 Å². The van der Waals surface area contributed by atoms with E-state index >= 15 is 0 Å². The molecule has 9 heteroatoms. The van der Waals surface area contributed by atoms with Crippen molar-refractivity contribution < 1.29 is 17.9 Å². The molecule has 0 spiro atoms. The highest BCUT2D eigenvalue weighted by Crippen LogP contribution is 2.19. The van der Waals surface area contributed by atoms with Crippen molar-refractivity contribution in [1.82, 2.24) is 15.6 Å². The van der Waals surface area contributed by atoms with Crippen LogP contribution in [0.25, 0.3) is 0 Å². The summed E-state index contributed by atoms with van der Waals surface area (Å²) in [5, 5.41) is 6.40. The van der Waals surface area contributed by atoms with Crippen LogP contribution in [0.15, 0.2) is 34.8 Å². The monoisotopic (exact) mass is 386 g/mol. The number of aliphatic imine (C=N–C) groups is 1. The molecule has 0 aliphatic heterocycles. The number of alkyl halides is 3. The maximum Gasteiger partial charge on any atom is 0.422 e. The Balaban J connectivity index is 1.90. The summed E-state index contributed by atoms with van der Waals surface area (Å²) in [6.45, 7) is 4.39. The van der Waals surface area contributed by atoms with Crippen LogP contribution in [0.5, 0.6) is 5.75 Å². The van der Waals surface area contributed by atoms with Gasteiger partial charge in [0.15, 0.2) is 12.6 Å². The number of hydrogen-bond acceptors (Lipinski definition) is 4. The van der Waals surface area contributed by atoms with E-state index in [1.807, 2.05) is 13.8 Å². The number of halogens is 3. The number of nitrogens with one attached hydrogen (secondary N) is 2. The SMILES string of the molecule is CCNC(=NCc1ccc(OCC(F)(F)F)cc1)NCc1scnc1C. The lowest BCUT2D eigenvalue weighted by atomic mass is 10.2. The number of aryl methyl sites for hydroxylation is 1. The maximum atomic E-state index is 12.1. The number of hydrogen-bond donors (Lipinski definition) is 2. The van der Waals surface area contributed by atoms with E-state index in [0.717, 1.165) is 22.7 Å². The van der Waals surface area contributed by atoms with Crippen LogP contribution in [-0.4, -0.2) is 30.3 Å². The number of rotatable bonds is 7. The van der Waals surface area contributed by atoms with E-state index in [1.165, 1.54) is 12.1 Å². The first-order valence-corrected chi connectivity index (χ1v) is 8.95. The average molecular weight is 386 g/mol. The van der Waals surface area contributed by atoms with Crippen LogP contribution >= 0.6 is 11.3 Å². The van der Waals surface area contributed by atoms with Gasteiger partial charge in [-0.3, -0.25) is 0 Å². The third-order valence-electron chi connectivity index (χ3n) is 3.35. The molecule has 0 unspecified atom stereocenters. The van der Waals surface area contributed by atoms with Crippen LogP contribution in [0, 0.1) is 6.92 Å². The predicted molar refractivity (Wildman–Crippen MR) is 96.5 cm³/mol. The minimum absolute atomic E-state index is 0.181. The third-order valence-corrected chi connectivity index (χ3v) is 4.29. The number of thiazole rings is 1. The van der Waals surface area contributed by atoms with Gasteiger partial charge in [-0.2, -0.15) is 13.2 Å². The van der Waals surface area contributed by atoms with Crippen LogP contribution < -0.4 is 15.4 Å². The van der Waals surface area contributed by atoms with Gasteiger partial charge in [0.1, 0.15) is 5.75 Å². The second kappa shape index (κ2) is 9.42. The zero-order valence-electron chi connectivity index (χ0n) is 14.6. The van der Waals surface area contributed by atoms with E-state index in [9.17, 15) is 13.2 Å². The smallest absolute Gasteiger partial charge is 0.422 e. The second-order valence-electron chi connectivity index (χ2n) is 5.46. The number of guanidine groups is 1. The lowest BCUT2D eigenvalue weighted by molar-refractivity contribution is -0.153. The largest absolute Gasteiger partial charge is 0.484 e. The van der Waals surface area contributed by atoms with Crippen molar-refractivity contribution >= 4 is 17.3 Å². The Bertz CT molecular complexity index is 714. The molecule has 26 heavy (non-hydrogen) atoms. The summed E-state index contributed by atoms with van der Waals surface area (Å²) in [5.41, 5.74) is 3.67. The molecular formula is C17H21F3N4OS. The summed E-state index contributed by atoms with van der Waals surface area (Å²) in [6.07, 6.45) is -4.34. The highest BCUT2D eigenvalue weighted by Gasteiger charge is 2.28. The number of nitrogens with zero attached hydrogens (tertiary/aromatic N) is 2. The Morgan fingerprint density at radius 1 is 1.23 bits per heavy atom. The molecule has 0 aliphatic rings. The second-order valence-corrected chi connectivity index (χ2v) is 6.40. The normalized spacial score (nSPS) is 12.1. The molecule has 5 nitrogen and oxygen atoms in total. The van der Waals surface area contributed by atoms with Crippen molar-refractivity contribution in [2.24, 2.45) is 4.99 Å². The van der Waals surface area contributed by atoms with Crippen LogP contribution in [0.3, 0.4) is 0 Å². The topological polar surface area (TPSA) is 58.5 Å². The van der Waals surface area contributed by atoms with Gasteiger partial charge in [-0.05, 0) is 31.5 Å². The number of ether oxygens (including phenoxy) is 1. The van der Waals surface area contributed by atoms with Gasteiger partial charge < -0.3 is 15.4 Å². The average Bonchev–Trinajstić information content (AvgIpc) is 3.01. The fourth-order valence-corrected chi connectivity index (χ4v) is 2.75. The van der Waals surface area contributed by atoms with E-state index in [0.29, 0.717) is 19.0 Å². The molecule has 0 bridgehead atoms. The Hall–Kier alpha value is -2.29. The van der Waals surface area contributed by atoms with Crippen molar-refractivity contribution in [3.05, 3.63) is 45.9 Å². The van der Waals surface area contributed by atoms with Gasteiger partial charge >= 0.3 is 6.18 Å². The molecule has 2 rings (SSSR count). The lowest BCUT2D eigenvalue weighted by Gasteiger charge is -2.11. The molecule has 0 aliphatic carbocycles. The standard InChI is InChI=1S/C17H21F3N4OS/c1-3-21-16(23-9-15-12(2)24-11-26-15)22-8-13-4-6-14(7-5-13)25-10-17(18,19)20/h4-7,11H,3,8-10H2,1-2H3,(H2,21,22,23). The molecule has 2 aromatic rings. The Kier molecular flexibility index (Phi) is 7.26. The summed E-state index contributed by atoms with van der Waals surface area (Å²) in [5.74, 6) is 0.846. The van der Waals surface area contributed by atoms with Crippen molar-refractivity contribution in [1.29, 1.82) is 0 Å². The van der Waals surface area contributed by atoms with Gasteiger partial charge in [0, 0.05) is 11.4 Å². The first kappa shape index (κ1) is 20.0. The fraction of sp³-hybridized carbons (Fsp3) is 0.412. The van der Waals surface area contributed by atoms with Crippen LogP contribution in [0.1, 0.15) is 23.1 Å². The predicted octanol–water partition coefficient (Wildman–Crippen LogP) is 3.65. The summed E-state index contributed by atoms with van der Waals surface area (Å²) in [6, 6.07) is 6.42. The van der Waals surface area contributed by atoms with E-state index in [4.69, 9.17) is 4.74 Å². The zero-order valence-corrected chi connectivity index (χ0v) is 15.4. The van der Waals surface area contributed by atoms with Gasteiger partial charge in [-0.1, -0.05) is 12.1 Å². The molecule has 0 atom stereocenters. The Morgan fingerprint density at radius 2 is 1.96 bits per heavy atom. The first-order chi connectivity index (χ1) is 12.4. The quantitative estimate of drug-likeness (QED) is 0.563. The van der Waals surface area contributed by atoms with E-state index in [2.05, 4.69) is 20.6 Å². The molecule has 2 N–H and O–H groups in total. The van der Waals surface area contributed by atoms with Gasteiger partial charge in [0.25, 0.3) is 0 Å². The van der Waals surface area contributed by atoms with Crippen molar-refractivity contribution in [2.75, 3.05) is 13.2 Å². The number of benzene rings is 1. The Morgan fingerprint density at radius 3 is 2.54 bits per heavy atom. The molecule has 0 saturated heterocycles. The summed E-state index contributed by atoms with van der Waals surface area (Å²) in [4.78, 5) is 9.83. The Labute approximate surface area is 154 Å². The minimum atomic E-state index is -4.34. The van der Waals surface area contributed by atoms with Gasteiger partial charge in [0.2, 0.25) is 0 Å². The fourth-order valence-electron chi connectivity index (χ4n) is 2.03. The minimum Gasteiger partial charge on any atom is -0.484 e. The molecule has 0 fully saturated rings. The summed E-state index contributed by atoms with van der Waals surface area (Å²) < 4.78 is 41.1. The molecule has 142 valence electrons.